The Kier molecular flexibility index (Phi) is 4.89. The maximum absolute atomic E-state index is 9.46. The van der Waals surface area contributed by atoms with Gasteiger partial charge in [-0.2, -0.15) is 11.8 Å². The molecule has 2 nitrogen and oxygen atoms in total. The largest absolute Gasteiger partial charge is 0.395 e. The second-order valence-electron chi connectivity index (χ2n) is 4.71. The summed E-state index contributed by atoms with van der Waals surface area (Å²) in [5.74, 6) is 1.24. The summed E-state index contributed by atoms with van der Waals surface area (Å²) in [6.07, 6.45) is 2.13. The number of nitrogens with one attached hydrogen (secondary N) is 1. The van der Waals surface area contributed by atoms with Gasteiger partial charge in [0.25, 0.3) is 0 Å². The Morgan fingerprint density at radius 3 is 2.76 bits per heavy atom. The lowest BCUT2D eigenvalue weighted by Gasteiger charge is -2.23. The van der Waals surface area contributed by atoms with Crippen LogP contribution in [-0.4, -0.2) is 34.8 Å². The van der Waals surface area contributed by atoms with E-state index in [1.165, 1.54) is 17.7 Å². The van der Waals surface area contributed by atoms with E-state index in [-0.39, 0.29) is 12.6 Å². The number of benzene rings is 1. The van der Waals surface area contributed by atoms with Crippen LogP contribution in [0, 0.1) is 0 Å². The van der Waals surface area contributed by atoms with Crippen molar-refractivity contribution < 1.29 is 5.11 Å². The molecule has 1 aromatic carbocycles. The van der Waals surface area contributed by atoms with Gasteiger partial charge in [0.15, 0.2) is 0 Å². The van der Waals surface area contributed by atoms with E-state index in [2.05, 4.69) is 36.5 Å². The van der Waals surface area contributed by atoms with E-state index < -0.39 is 0 Å². The van der Waals surface area contributed by atoms with Gasteiger partial charge in [0.05, 0.1) is 6.61 Å². The van der Waals surface area contributed by atoms with Crippen LogP contribution in [0.25, 0.3) is 0 Å². The van der Waals surface area contributed by atoms with Crippen molar-refractivity contribution >= 4 is 11.8 Å². The van der Waals surface area contributed by atoms with Gasteiger partial charge in [0, 0.05) is 17.3 Å². The first kappa shape index (κ1) is 12.9. The lowest BCUT2D eigenvalue weighted by Crippen LogP contribution is -2.44. The molecule has 17 heavy (non-hydrogen) atoms. The van der Waals surface area contributed by atoms with E-state index in [0.29, 0.717) is 11.3 Å². The molecule has 0 spiro atoms. The average molecular weight is 251 g/mol. The van der Waals surface area contributed by atoms with Crippen molar-refractivity contribution in [2.24, 2.45) is 0 Å². The molecule has 3 unspecified atom stereocenters. The van der Waals surface area contributed by atoms with Crippen molar-refractivity contribution in [3.63, 3.8) is 0 Å². The molecule has 0 aromatic heterocycles. The van der Waals surface area contributed by atoms with Crippen molar-refractivity contribution in [2.45, 2.75) is 37.1 Å². The van der Waals surface area contributed by atoms with E-state index in [9.17, 15) is 5.11 Å². The van der Waals surface area contributed by atoms with Gasteiger partial charge in [-0.05, 0) is 24.2 Å². The van der Waals surface area contributed by atoms with Gasteiger partial charge in [0.2, 0.25) is 0 Å². The number of hydrogen-bond donors (Lipinski definition) is 2. The van der Waals surface area contributed by atoms with Gasteiger partial charge >= 0.3 is 0 Å². The molecule has 1 heterocycles. The Labute approximate surface area is 108 Å². The quantitative estimate of drug-likeness (QED) is 0.840. The third kappa shape index (κ3) is 3.73. The van der Waals surface area contributed by atoms with Crippen LogP contribution < -0.4 is 5.32 Å². The monoisotopic (exact) mass is 251 g/mol. The minimum atomic E-state index is 0.184. The van der Waals surface area contributed by atoms with E-state index in [1.807, 2.05) is 17.8 Å². The summed E-state index contributed by atoms with van der Waals surface area (Å²) in [6.45, 7) is 2.48. The lowest BCUT2D eigenvalue weighted by atomic mass is 10.0. The number of rotatable bonds is 5. The van der Waals surface area contributed by atoms with Crippen LogP contribution in [0.3, 0.4) is 0 Å². The zero-order valence-corrected chi connectivity index (χ0v) is 11.1. The topological polar surface area (TPSA) is 32.3 Å². The van der Waals surface area contributed by atoms with Crippen LogP contribution in [0.1, 0.15) is 18.9 Å². The molecule has 2 N–H and O–H groups in total. The van der Waals surface area contributed by atoms with Gasteiger partial charge in [0.1, 0.15) is 0 Å². The second-order valence-corrected chi connectivity index (χ2v) is 6.19. The normalized spacial score (nSPS) is 26.0. The Morgan fingerprint density at radius 1 is 1.41 bits per heavy atom. The molecule has 1 fully saturated rings. The minimum absolute atomic E-state index is 0.184. The standard InChI is InChI=1S/C14H21NOS/c1-11-14(7-8-17-11)15-13(10-16)9-12-5-3-2-4-6-12/h2-6,11,13-16H,7-10H2,1H3. The maximum Gasteiger partial charge on any atom is 0.0587 e. The van der Waals surface area contributed by atoms with Crippen LogP contribution in [0.5, 0.6) is 0 Å². The zero-order valence-electron chi connectivity index (χ0n) is 10.3. The molecule has 0 saturated carbocycles. The molecule has 2 rings (SSSR count). The summed E-state index contributed by atoms with van der Waals surface area (Å²) in [5, 5.41) is 13.7. The Morgan fingerprint density at radius 2 is 2.18 bits per heavy atom. The molecule has 0 aliphatic carbocycles. The van der Waals surface area contributed by atoms with E-state index in [4.69, 9.17) is 0 Å². The first-order chi connectivity index (χ1) is 8.29. The number of thioether (sulfide) groups is 1. The van der Waals surface area contributed by atoms with Crippen LogP contribution in [-0.2, 0) is 6.42 Å². The summed E-state index contributed by atoms with van der Waals surface area (Å²) in [5.41, 5.74) is 1.29. The zero-order chi connectivity index (χ0) is 12.1. The van der Waals surface area contributed by atoms with Crippen LogP contribution in [0.2, 0.25) is 0 Å². The molecule has 1 saturated heterocycles. The summed E-state index contributed by atoms with van der Waals surface area (Å²) in [6, 6.07) is 11.1. The average Bonchev–Trinajstić information content (AvgIpc) is 2.75. The molecule has 1 aliphatic rings. The van der Waals surface area contributed by atoms with Crippen LogP contribution >= 0.6 is 11.8 Å². The molecule has 0 radical (unpaired) electrons. The summed E-state index contributed by atoms with van der Waals surface area (Å²) in [4.78, 5) is 0. The van der Waals surface area contributed by atoms with E-state index in [1.54, 1.807) is 0 Å². The SMILES string of the molecule is CC1SCCC1NC(CO)Cc1ccccc1. The van der Waals surface area contributed by atoms with Gasteiger partial charge in [-0.3, -0.25) is 0 Å². The predicted molar refractivity (Wildman–Crippen MR) is 74.5 cm³/mol. The van der Waals surface area contributed by atoms with Crippen molar-refractivity contribution in [2.75, 3.05) is 12.4 Å². The van der Waals surface area contributed by atoms with Gasteiger partial charge in [-0.1, -0.05) is 37.3 Å². The van der Waals surface area contributed by atoms with Crippen molar-refractivity contribution in [3.8, 4) is 0 Å². The highest BCUT2D eigenvalue weighted by Gasteiger charge is 2.25. The number of aliphatic hydroxyl groups excluding tert-OH is 1. The molecule has 0 amide bonds. The minimum Gasteiger partial charge on any atom is -0.395 e. The first-order valence-electron chi connectivity index (χ1n) is 6.32. The highest BCUT2D eigenvalue weighted by Crippen LogP contribution is 2.26. The summed E-state index contributed by atoms with van der Waals surface area (Å²) in [7, 11) is 0. The Balaban J connectivity index is 1.88. The first-order valence-corrected chi connectivity index (χ1v) is 7.37. The fourth-order valence-electron chi connectivity index (χ4n) is 2.33. The summed E-state index contributed by atoms with van der Waals surface area (Å²) >= 11 is 2.02. The molecule has 3 heteroatoms. The van der Waals surface area contributed by atoms with Crippen molar-refractivity contribution in [3.05, 3.63) is 35.9 Å². The lowest BCUT2D eigenvalue weighted by molar-refractivity contribution is 0.230. The van der Waals surface area contributed by atoms with Gasteiger partial charge in [-0.15, -0.1) is 0 Å². The smallest absolute Gasteiger partial charge is 0.0587 e. The third-order valence-electron chi connectivity index (χ3n) is 3.37. The number of aliphatic hydroxyl groups is 1. The predicted octanol–water partition coefficient (Wildman–Crippen LogP) is 2.07. The van der Waals surface area contributed by atoms with E-state index >= 15 is 0 Å². The van der Waals surface area contributed by atoms with E-state index in [0.717, 1.165) is 6.42 Å². The fourth-order valence-corrected chi connectivity index (χ4v) is 3.54. The summed E-state index contributed by atoms with van der Waals surface area (Å²) < 4.78 is 0. The van der Waals surface area contributed by atoms with Crippen LogP contribution in [0.15, 0.2) is 30.3 Å². The van der Waals surface area contributed by atoms with Crippen LogP contribution in [0.4, 0.5) is 0 Å². The van der Waals surface area contributed by atoms with Gasteiger partial charge in [-0.25, -0.2) is 0 Å². The van der Waals surface area contributed by atoms with Gasteiger partial charge < -0.3 is 10.4 Å². The fraction of sp³-hybridized carbons (Fsp3) is 0.571. The molecule has 94 valence electrons. The molecule has 1 aromatic rings. The maximum atomic E-state index is 9.46. The number of hydrogen-bond acceptors (Lipinski definition) is 3. The Hall–Kier alpha value is -0.510. The van der Waals surface area contributed by atoms with Crippen molar-refractivity contribution in [1.82, 2.24) is 5.32 Å². The second kappa shape index (κ2) is 6.43. The highest BCUT2D eigenvalue weighted by molar-refractivity contribution is 8.00. The molecule has 1 aliphatic heterocycles. The molecular formula is C14H21NOS. The molecule has 3 atom stereocenters. The van der Waals surface area contributed by atoms with Crippen molar-refractivity contribution in [1.29, 1.82) is 0 Å². The third-order valence-corrected chi connectivity index (χ3v) is 4.70. The highest BCUT2D eigenvalue weighted by atomic mass is 32.2. The Bertz CT molecular complexity index is 330. The molecular weight excluding hydrogens is 230 g/mol. The molecule has 0 bridgehead atoms.